The molecule has 0 spiro atoms. The van der Waals surface area contributed by atoms with Crippen LogP contribution in [0.2, 0.25) is 0 Å². The van der Waals surface area contributed by atoms with E-state index in [1.165, 1.54) is 12.4 Å². The number of aromatic nitrogens is 4. The highest BCUT2D eigenvalue weighted by atomic mass is 16.5. The summed E-state index contributed by atoms with van der Waals surface area (Å²) in [6.45, 7) is 1.60. The SMILES string of the molecule is Cc1ccc(OCC(=O)NNC(=O)c2cnc3nccn3c2)cn1. The molecule has 0 bridgehead atoms. The molecule has 0 aromatic carbocycles. The van der Waals surface area contributed by atoms with Gasteiger partial charge in [-0.05, 0) is 19.1 Å². The first-order chi connectivity index (χ1) is 11.6. The molecule has 0 aliphatic heterocycles. The second kappa shape index (κ2) is 6.73. The van der Waals surface area contributed by atoms with Crippen LogP contribution in [-0.4, -0.2) is 37.8 Å². The van der Waals surface area contributed by atoms with E-state index in [0.29, 0.717) is 11.5 Å². The first-order valence-corrected chi connectivity index (χ1v) is 7.05. The summed E-state index contributed by atoms with van der Waals surface area (Å²) >= 11 is 0. The number of imidazole rings is 1. The van der Waals surface area contributed by atoms with Crippen LogP contribution in [-0.2, 0) is 4.79 Å². The second-order valence-electron chi connectivity index (χ2n) is 4.90. The Kier molecular flexibility index (Phi) is 4.32. The van der Waals surface area contributed by atoms with Crippen molar-refractivity contribution in [2.24, 2.45) is 0 Å². The van der Waals surface area contributed by atoms with Crippen LogP contribution in [0.4, 0.5) is 0 Å². The van der Waals surface area contributed by atoms with Gasteiger partial charge in [-0.1, -0.05) is 0 Å². The molecule has 24 heavy (non-hydrogen) atoms. The fourth-order valence-corrected chi connectivity index (χ4v) is 1.86. The number of carbonyl (C=O) groups excluding carboxylic acids is 2. The Bertz CT molecular complexity index is 874. The molecule has 0 saturated carbocycles. The van der Waals surface area contributed by atoms with Gasteiger partial charge in [0.05, 0.1) is 11.8 Å². The van der Waals surface area contributed by atoms with Crippen molar-refractivity contribution in [1.29, 1.82) is 0 Å². The lowest BCUT2D eigenvalue weighted by Gasteiger charge is -2.08. The minimum atomic E-state index is -0.499. The smallest absolute Gasteiger partial charge is 0.276 e. The second-order valence-corrected chi connectivity index (χ2v) is 4.90. The number of carbonyl (C=O) groups is 2. The summed E-state index contributed by atoms with van der Waals surface area (Å²) in [5.74, 6) is -0.0448. The average molecular weight is 326 g/mol. The number of aryl methyl sites for hydroxylation is 1. The van der Waals surface area contributed by atoms with E-state index in [4.69, 9.17) is 4.74 Å². The van der Waals surface area contributed by atoms with Gasteiger partial charge in [0.2, 0.25) is 5.78 Å². The molecule has 2 amide bonds. The Morgan fingerprint density at radius 3 is 2.83 bits per heavy atom. The number of ether oxygens (including phenoxy) is 1. The molecule has 0 radical (unpaired) electrons. The van der Waals surface area contributed by atoms with Crippen LogP contribution in [0, 0.1) is 6.92 Å². The maximum Gasteiger partial charge on any atom is 0.276 e. The summed E-state index contributed by atoms with van der Waals surface area (Å²) < 4.78 is 6.86. The van der Waals surface area contributed by atoms with Gasteiger partial charge in [0.15, 0.2) is 6.61 Å². The molecule has 0 saturated heterocycles. The van der Waals surface area contributed by atoms with Gasteiger partial charge in [0.25, 0.3) is 11.8 Å². The molecule has 0 atom stereocenters. The highest BCUT2D eigenvalue weighted by Gasteiger charge is 2.09. The zero-order valence-electron chi connectivity index (χ0n) is 12.8. The number of fused-ring (bicyclic) bond motifs is 1. The van der Waals surface area contributed by atoms with Crippen molar-refractivity contribution >= 4 is 17.6 Å². The monoisotopic (exact) mass is 326 g/mol. The van der Waals surface area contributed by atoms with Crippen LogP contribution in [0.15, 0.2) is 43.1 Å². The van der Waals surface area contributed by atoms with E-state index in [9.17, 15) is 9.59 Å². The molecule has 0 unspecified atom stereocenters. The quantitative estimate of drug-likeness (QED) is 0.666. The fourth-order valence-electron chi connectivity index (χ4n) is 1.86. The summed E-state index contributed by atoms with van der Waals surface area (Å²) in [7, 11) is 0. The van der Waals surface area contributed by atoms with Crippen molar-refractivity contribution in [2.75, 3.05) is 6.61 Å². The minimum Gasteiger partial charge on any atom is -0.482 e. The summed E-state index contributed by atoms with van der Waals surface area (Å²) in [6, 6.07) is 3.48. The van der Waals surface area contributed by atoms with Gasteiger partial charge < -0.3 is 4.74 Å². The molecular weight excluding hydrogens is 312 g/mol. The lowest BCUT2D eigenvalue weighted by atomic mass is 10.3. The largest absolute Gasteiger partial charge is 0.482 e. The Morgan fingerprint density at radius 2 is 2.04 bits per heavy atom. The predicted molar refractivity (Wildman–Crippen MR) is 83.1 cm³/mol. The van der Waals surface area contributed by atoms with Crippen molar-refractivity contribution in [3.8, 4) is 5.75 Å². The van der Waals surface area contributed by atoms with Crippen molar-refractivity contribution in [1.82, 2.24) is 30.2 Å². The zero-order chi connectivity index (χ0) is 16.9. The van der Waals surface area contributed by atoms with Crippen molar-refractivity contribution in [2.45, 2.75) is 6.92 Å². The lowest BCUT2D eigenvalue weighted by molar-refractivity contribution is -0.123. The molecule has 3 aromatic rings. The highest BCUT2D eigenvalue weighted by molar-refractivity contribution is 5.95. The molecule has 3 rings (SSSR count). The topological polar surface area (TPSA) is 111 Å². The van der Waals surface area contributed by atoms with Gasteiger partial charge in [-0.2, -0.15) is 0 Å². The molecule has 0 aliphatic carbocycles. The molecule has 0 aliphatic rings. The van der Waals surface area contributed by atoms with E-state index < -0.39 is 11.8 Å². The van der Waals surface area contributed by atoms with E-state index in [-0.39, 0.29) is 12.2 Å². The standard InChI is InChI=1S/C15H14N6O3/c1-10-2-3-12(7-17-10)24-9-13(22)19-20-14(23)11-6-18-15-16-4-5-21(15)8-11/h2-8H,9H2,1H3,(H,19,22)(H,20,23). The minimum absolute atomic E-state index is 0.246. The number of rotatable bonds is 4. The van der Waals surface area contributed by atoms with Crippen LogP contribution in [0.25, 0.3) is 5.78 Å². The molecule has 9 nitrogen and oxygen atoms in total. The lowest BCUT2D eigenvalue weighted by Crippen LogP contribution is -2.43. The molecule has 122 valence electrons. The average Bonchev–Trinajstić information content (AvgIpc) is 3.06. The van der Waals surface area contributed by atoms with Gasteiger partial charge in [0, 0.05) is 30.5 Å². The van der Waals surface area contributed by atoms with Crippen LogP contribution >= 0.6 is 0 Å². The number of amides is 2. The number of hydrazine groups is 1. The predicted octanol–water partition coefficient (Wildman–Crippen LogP) is 0.273. The van der Waals surface area contributed by atoms with Crippen LogP contribution in [0.3, 0.4) is 0 Å². The van der Waals surface area contributed by atoms with E-state index in [0.717, 1.165) is 5.69 Å². The number of hydrogen-bond donors (Lipinski definition) is 2. The maximum atomic E-state index is 12.0. The highest BCUT2D eigenvalue weighted by Crippen LogP contribution is 2.07. The van der Waals surface area contributed by atoms with Gasteiger partial charge in [-0.15, -0.1) is 0 Å². The van der Waals surface area contributed by atoms with Gasteiger partial charge in [0.1, 0.15) is 5.75 Å². The summed E-state index contributed by atoms with van der Waals surface area (Å²) in [5, 5.41) is 0. The maximum absolute atomic E-state index is 12.0. The zero-order valence-corrected chi connectivity index (χ0v) is 12.8. The fraction of sp³-hybridized carbons (Fsp3) is 0.133. The van der Waals surface area contributed by atoms with Crippen LogP contribution < -0.4 is 15.6 Å². The molecular formula is C15H14N6O3. The van der Waals surface area contributed by atoms with Gasteiger partial charge >= 0.3 is 0 Å². The molecule has 0 fully saturated rings. The van der Waals surface area contributed by atoms with Crippen molar-refractivity contribution in [3.05, 3.63) is 54.4 Å². The number of nitrogens with one attached hydrogen (secondary N) is 2. The third kappa shape index (κ3) is 3.64. The summed E-state index contributed by atoms with van der Waals surface area (Å²) in [5.41, 5.74) is 5.69. The first kappa shape index (κ1) is 15.4. The molecule has 9 heteroatoms. The van der Waals surface area contributed by atoms with E-state index in [1.807, 2.05) is 6.92 Å². The van der Waals surface area contributed by atoms with E-state index >= 15 is 0 Å². The Labute approximate surface area is 136 Å². The normalized spacial score (nSPS) is 10.4. The summed E-state index contributed by atoms with van der Waals surface area (Å²) in [6.07, 6.45) is 7.70. The number of pyridine rings is 1. The van der Waals surface area contributed by atoms with E-state index in [2.05, 4.69) is 25.8 Å². The van der Waals surface area contributed by atoms with E-state index in [1.54, 1.807) is 35.1 Å². The summed E-state index contributed by atoms with van der Waals surface area (Å²) in [4.78, 5) is 35.7. The van der Waals surface area contributed by atoms with Gasteiger partial charge in [-0.25, -0.2) is 9.97 Å². The number of hydrogen-bond acceptors (Lipinski definition) is 6. The van der Waals surface area contributed by atoms with Gasteiger partial charge in [-0.3, -0.25) is 29.8 Å². The van der Waals surface area contributed by atoms with Crippen molar-refractivity contribution in [3.63, 3.8) is 0 Å². The van der Waals surface area contributed by atoms with Crippen LogP contribution in [0.1, 0.15) is 16.1 Å². The molecule has 3 aromatic heterocycles. The Balaban J connectivity index is 1.49. The third-order valence-electron chi connectivity index (χ3n) is 3.08. The Morgan fingerprint density at radius 1 is 1.17 bits per heavy atom. The first-order valence-electron chi connectivity index (χ1n) is 7.05. The molecule has 2 N–H and O–H groups in total. The van der Waals surface area contributed by atoms with Crippen LogP contribution in [0.5, 0.6) is 5.75 Å². The molecule has 3 heterocycles. The number of nitrogens with zero attached hydrogens (tertiary/aromatic N) is 4. The van der Waals surface area contributed by atoms with Crippen molar-refractivity contribution < 1.29 is 14.3 Å². The third-order valence-corrected chi connectivity index (χ3v) is 3.08. The Hall–Kier alpha value is -3.49.